The van der Waals surface area contributed by atoms with Crippen molar-refractivity contribution in [2.45, 2.75) is 38.7 Å². The summed E-state index contributed by atoms with van der Waals surface area (Å²) in [5, 5.41) is 9.94. The SMILES string of the molecule is CC[C@H]1C[C@]2([C@@H](C)Cc3cc(O)c(OC)cc3F)OCOC2=CC1=O. The third-order valence-electron chi connectivity index (χ3n) is 5.34. The van der Waals surface area contributed by atoms with E-state index < -0.39 is 11.4 Å². The van der Waals surface area contributed by atoms with E-state index in [1.54, 1.807) is 0 Å². The fourth-order valence-corrected chi connectivity index (χ4v) is 3.76. The van der Waals surface area contributed by atoms with E-state index in [4.69, 9.17) is 14.2 Å². The average molecular weight is 350 g/mol. The van der Waals surface area contributed by atoms with Crippen LogP contribution in [0.5, 0.6) is 11.5 Å². The number of carbonyl (C=O) groups excluding carboxylic acids is 1. The molecule has 1 aromatic carbocycles. The normalized spacial score (nSPS) is 26.6. The van der Waals surface area contributed by atoms with E-state index in [9.17, 15) is 14.3 Å². The van der Waals surface area contributed by atoms with Crippen LogP contribution in [0.25, 0.3) is 0 Å². The van der Waals surface area contributed by atoms with Gasteiger partial charge in [0.15, 0.2) is 24.1 Å². The van der Waals surface area contributed by atoms with Crippen molar-refractivity contribution in [2.24, 2.45) is 11.8 Å². The Kier molecular flexibility index (Phi) is 4.73. The second-order valence-electron chi connectivity index (χ2n) is 6.74. The van der Waals surface area contributed by atoms with Crippen molar-refractivity contribution in [1.29, 1.82) is 0 Å². The maximum Gasteiger partial charge on any atom is 0.189 e. The molecule has 3 atom stereocenters. The summed E-state index contributed by atoms with van der Waals surface area (Å²) >= 11 is 0. The standard InChI is InChI=1S/C19H23FO5/c1-4-12-9-19(18(8-15(12)21)24-10-25-19)11(2)5-13-6-16(22)17(23-3)7-14(13)20/h6-8,11-12,22H,4-5,9-10H2,1-3H3/t11-,12-,19+/m0/s1. The van der Waals surface area contributed by atoms with Gasteiger partial charge in [0.25, 0.3) is 0 Å². The van der Waals surface area contributed by atoms with Gasteiger partial charge in [-0.3, -0.25) is 4.79 Å². The fourth-order valence-electron chi connectivity index (χ4n) is 3.76. The smallest absolute Gasteiger partial charge is 0.189 e. The molecule has 0 saturated carbocycles. The Hall–Kier alpha value is -2.08. The van der Waals surface area contributed by atoms with Gasteiger partial charge in [0.1, 0.15) is 17.2 Å². The zero-order valence-electron chi connectivity index (χ0n) is 14.7. The van der Waals surface area contributed by atoms with Gasteiger partial charge >= 0.3 is 0 Å². The van der Waals surface area contributed by atoms with Crippen LogP contribution in [0.2, 0.25) is 0 Å². The predicted octanol–water partition coefficient (Wildman–Crippen LogP) is 3.34. The first-order valence-corrected chi connectivity index (χ1v) is 8.49. The van der Waals surface area contributed by atoms with Crippen LogP contribution in [0, 0.1) is 17.7 Å². The first kappa shape index (κ1) is 17.7. The summed E-state index contributed by atoms with van der Waals surface area (Å²) in [7, 11) is 1.38. The molecule has 1 aliphatic heterocycles. The van der Waals surface area contributed by atoms with Gasteiger partial charge < -0.3 is 19.3 Å². The van der Waals surface area contributed by atoms with Crippen LogP contribution >= 0.6 is 0 Å². The number of ketones is 1. The van der Waals surface area contributed by atoms with Gasteiger partial charge in [-0.2, -0.15) is 0 Å². The lowest BCUT2D eigenvalue weighted by Crippen LogP contribution is -2.44. The monoisotopic (exact) mass is 350 g/mol. The Balaban J connectivity index is 1.90. The molecular formula is C19H23FO5. The Morgan fingerprint density at radius 1 is 1.48 bits per heavy atom. The van der Waals surface area contributed by atoms with Crippen LogP contribution in [0.4, 0.5) is 4.39 Å². The molecule has 0 radical (unpaired) electrons. The highest BCUT2D eigenvalue weighted by Gasteiger charge is 2.51. The number of aromatic hydroxyl groups is 1. The van der Waals surface area contributed by atoms with E-state index in [1.807, 2.05) is 13.8 Å². The molecule has 5 nitrogen and oxygen atoms in total. The van der Waals surface area contributed by atoms with Crippen molar-refractivity contribution in [3.8, 4) is 11.5 Å². The van der Waals surface area contributed by atoms with Gasteiger partial charge in [0.05, 0.1) is 7.11 Å². The number of carbonyl (C=O) groups is 1. The fraction of sp³-hybridized carbons (Fsp3) is 0.526. The van der Waals surface area contributed by atoms with E-state index in [1.165, 1.54) is 25.3 Å². The molecule has 1 saturated heterocycles. The maximum atomic E-state index is 14.4. The molecule has 0 unspecified atom stereocenters. The number of fused-ring (bicyclic) bond motifs is 1. The quantitative estimate of drug-likeness (QED) is 0.882. The third-order valence-corrected chi connectivity index (χ3v) is 5.34. The molecule has 0 aromatic heterocycles. The molecule has 2 aliphatic rings. The number of rotatable bonds is 5. The summed E-state index contributed by atoms with van der Waals surface area (Å²) in [6.07, 6.45) is 3.12. The molecule has 0 bridgehead atoms. The number of phenolic OH excluding ortho intramolecular Hbond substituents is 1. The molecular weight excluding hydrogens is 327 g/mol. The Bertz CT molecular complexity index is 714. The van der Waals surface area contributed by atoms with E-state index >= 15 is 0 Å². The summed E-state index contributed by atoms with van der Waals surface area (Å²) in [6.45, 7) is 4.01. The highest BCUT2D eigenvalue weighted by Crippen LogP contribution is 2.46. The number of benzene rings is 1. The summed E-state index contributed by atoms with van der Waals surface area (Å²) in [5.41, 5.74) is -0.351. The first-order valence-electron chi connectivity index (χ1n) is 8.49. The van der Waals surface area contributed by atoms with Crippen molar-refractivity contribution in [1.82, 2.24) is 0 Å². The van der Waals surface area contributed by atoms with Gasteiger partial charge in [0, 0.05) is 18.1 Å². The Morgan fingerprint density at radius 3 is 2.92 bits per heavy atom. The number of methoxy groups -OCH3 is 1. The second kappa shape index (κ2) is 6.67. The molecule has 1 aromatic rings. The highest BCUT2D eigenvalue weighted by molar-refractivity contribution is 5.93. The number of ether oxygens (including phenoxy) is 3. The van der Waals surface area contributed by atoms with Crippen molar-refractivity contribution >= 4 is 5.78 Å². The molecule has 3 rings (SSSR count). The van der Waals surface area contributed by atoms with E-state index in [0.717, 1.165) is 6.42 Å². The third kappa shape index (κ3) is 2.99. The van der Waals surface area contributed by atoms with Crippen molar-refractivity contribution < 1.29 is 28.5 Å². The lowest BCUT2D eigenvalue weighted by molar-refractivity contribution is -0.123. The first-order chi connectivity index (χ1) is 11.9. The molecule has 0 spiro atoms. The largest absolute Gasteiger partial charge is 0.504 e. The molecule has 1 N–H and O–H groups in total. The minimum Gasteiger partial charge on any atom is -0.504 e. The summed E-state index contributed by atoms with van der Waals surface area (Å²) in [6, 6.07) is 2.56. The van der Waals surface area contributed by atoms with Gasteiger partial charge in [-0.05, 0) is 36.8 Å². The minimum atomic E-state index is -0.726. The van der Waals surface area contributed by atoms with Gasteiger partial charge in [-0.1, -0.05) is 13.8 Å². The topological polar surface area (TPSA) is 65.0 Å². The number of hydrogen-bond acceptors (Lipinski definition) is 5. The maximum absolute atomic E-state index is 14.4. The van der Waals surface area contributed by atoms with Gasteiger partial charge in [-0.25, -0.2) is 4.39 Å². The Morgan fingerprint density at radius 2 is 2.24 bits per heavy atom. The van der Waals surface area contributed by atoms with Crippen LogP contribution in [0.15, 0.2) is 24.0 Å². The number of phenols is 1. The van der Waals surface area contributed by atoms with Crippen LogP contribution in [0.1, 0.15) is 32.3 Å². The van der Waals surface area contributed by atoms with E-state index in [0.29, 0.717) is 24.2 Å². The zero-order valence-corrected chi connectivity index (χ0v) is 14.7. The highest BCUT2D eigenvalue weighted by atomic mass is 19.1. The summed E-state index contributed by atoms with van der Waals surface area (Å²) in [5.74, 6) is -0.114. The van der Waals surface area contributed by atoms with Crippen LogP contribution in [-0.2, 0) is 20.7 Å². The van der Waals surface area contributed by atoms with Gasteiger partial charge in [-0.15, -0.1) is 0 Å². The van der Waals surface area contributed by atoms with Crippen molar-refractivity contribution in [3.63, 3.8) is 0 Å². The average Bonchev–Trinajstić information content (AvgIpc) is 3.00. The number of hydrogen-bond donors (Lipinski definition) is 1. The van der Waals surface area contributed by atoms with Gasteiger partial charge in [0.2, 0.25) is 0 Å². The number of allylic oxidation sites excluding steroid dienone is 1. The minimum absolute atomic E-state index is 0.0547. The molecule has 1 fully saturated rings. The lowest BCUT2D eigenvalue weighted by Gasteiger charge is -2.38. The second-order valence-corrected chi connectivity index (χ2v) is 6.74. The Labute approximate surface area is 146 Å². The van der Waals surface area contributed by atoms with Crippen LogP contribution < -0.4 is 4.74 Å². The molecule has 0 amide bonds. The molecule has 136 valence electrons. The number of halogens is 1. The van der Waals surface area contributed by atoms with Crippen LogP contribution in [-0.4, -0.2) is 30.4 Å². The van der Waals surface area contributed by atoms with Crippen molar-refractivity contribution in [3.05, 3.63) is 35.3 Å². The van der Waals surface area contributed by atoms with E-state index in [-0.39, 0.29) is 35.9 Å². The molecule has 6 heteroatoms. The van der Waals surface area contributed by atoms with E-state index in [2.05, 4.69) is 0 Å². The molecule has 25 heavy (non-hydrogen) atoms. The van der Waals surface area contributed by atoms with Crippen LogP contribution in [0.3, 0.4) is 0 Å². The lowest BCUT2D eigenvalue weighted by atomic mass is 9.71. The predicted molar refractivity (Wildman–Crippen MR) is 88.7 cm³/mol. The summed E-state index contributed by atoms with van der Waals surface area (Å²) in [4.78, 5) is 12.1. The zero-order chi connectivity index (χ0) is 18.2. The molecule has 1 aliphatic carbocycles. The summed E-state index contributed by atoms with van der Waals surface area (Å²) < 4.78 is 30.7. The van der Waals surface area contributed by atoms with Crippen molar-refractivity contribution in [2.75, 3.05) is 13.9 Å². The molecule has 1 heterocycles.